The van der Waals surface area contributed by atoms with Crippen molar-refractivity contribution in [2.45, 2.75) is 13.3 Å². The van der Waals surface area contributed by atoms with Crippen LogP contribution in [0.2, 0.25) is 0 Å². The van der Waals surface area contributed by atoms with Gasteiger partial charge in [-0.3, -0.25) is 14.8 Å². The van der Waals surface area contributed by atoms with Crippen LogP contribution in [0, 0.1) is 0 Å². The third-order valence-corrected chi connectivity index (χ3v) is 5.01. The topological polar surface area (TPSA) is 49.3 Å². The molecule has 0 atom stereocenters. The van der Waals surface area contributed by atoms with Crippen molar-refractivity contribution in [2.75, 3.05) is 31.1 Å². The van der Waals surface area contributed by atoms with Crippen molar-refractivity contribution in [3.05, 3.63) is 66.2 Å². The fourth-order valence-electron chi connectivity index (χ4n) is 3.48. The first-order valence-electron chi connectivity index (χ1n) is 9.08. The second-order valence-electron chi connectivity index (χ2n) is 6.56. The summed E-state index contributed by atoms with van der Waals surface area (Å²) >= 11 is 0. The number of hydrogen-bond donors (Lipinski definition) is 0. The van der Waals surface area contributed by atoms with Gasteiger partial charge in [-0.2, -0.15) is 0 Å². The monoisotopic (exact) mass is 346 g/mol. The van der Waals surface area contributed by atoms with Crippen LogP contribution in [-0.4, -0.2) is 47.0 Å². The van der Waals surface area contributed by atoms with Crippen molar-refractivity contribution < 1.29 is 4.79 Å². The number of anilines is 1. The van der Waals surface area contributed by atoms with E-state index in [0.29, 0.717) is 18.8 Å². The average molecular weight is 346 g/mol. The fourth-order valence-corrected chi connectivity index (χ4v) is 3.48. The number of hydrogen-bond acceptors (Lipinski definition) is 4. The molecule has 1 amide bonds. The molecule has 0 saturated carbocycles. The number of benzene rings is 1. The Kier molecular flexibility index (Phi) is 4.52. The molecule has 3 aromatic rings. The SMILES string of the molecule is CCc1ccnc(C(=O)N2CCN(c3cncc4ccccc34)CC2)c1. The predicted molar refractivity (Wildman–Crippen MR) is 103 cm³/mol. The summed E-state index contributed by atoms with van der Waals surface area (Å²) in [4.78, 5) is 25.6. The Morgan fingerprint density at radius 2 is 1.88 bits per heavy atom. The summed E-state index contributed by atoms with van der Waals surface area (Å²) in [6.45, 7) is 5.07. The zero-order valence-corrected chi connectivity index (χ0v) is 14.9. The molecule has 0 spiro atoms. The number of carbonyl (C=O) groups excluding carboxylic acids is 1. The van der Waals surface area contributed by atoms with Gasteiger partial charge >= 0.3 is 0 Å². The molecule has 0 aliphatic carbocycles. The van der Waals surface area contributed by atoms with Crippen LogP contribution in [0.1, 0.15) is 23.0 Å². The molecular weight excluding hydrogens is 324 g/mol. The Bertz CT molecular complexity index is 927. The first-order chi connectivity index (χ1) is 12.8. The molecule has 0 unspecified atom stereocenters. The summed E-state index contributed by atoms with van der Waals surface area (Å²) in [5.74, 6) is 0.0241. The third-order valence-electron chi connectivity index (χ3n) is 5.01. The number of carbonyl (C=O) groups is 1. The molecule has 26 heavy (non-hydrogen) atoms. The minimum Gasteiger partial charge on any atom is -0.366 e. The van der Waals surface area contributed by atoms with Crippen LogP contribution in [0.15, 0.2) is 55.0 Å². The number of rotatable bonds is 3. The highest BCUT2D eigenvalue weighted by atomic mass is 16.2. The van der Waals surface area contributed by atoms with Crippen LogP contribution in [0.3, 0.4) is 0 Å². The lowest BCUT2D eigenvalue weighted by Gasteiger charge is -2.36. The first-order valence-corrected chi connectivity index (χ1v) is 9.08. The van der Waals surface area contributed by atoms with Crippen LogP contribution in [-0.2, 0) is 6.42 Å². The Morgan fingerprint density at radius 3 is 2.69 bits per heavy atom. The smallest absolute Gasteiger partial charge is 0.272 e. The lowest BCUT2D eigenvalue weighted by molar-refractivity contribution is 0.0741. The summed E-state index contributed by atoms with van der Waals surface area (Å²) in [6, 6.07) is 12.2. The highest BCUT2D eigenvalue weighted by Gasteiger charge is 2.24. The molecule has 1 aliphatic rings. The molecule has 132 valence electrons. The first kappa shape index (κ1) is 16.5. The van der Waals surface area contributed by atoms with Crippen LogP contribution >= 0.6 is 0 Å². The van der Waals surface area contributed by atoms with Gasteiger partial charge in [0.05, 0.1) is 11.9 Å². The normalized spacial score (nSPS) is 14.7. The molecule has 1 aromatic carbocycles. The Morgan fingerprint density at radius 1 is 1.08 bits per heavy atom. The van der Waals surface area contributed by atoms with Gasteiger partial charge in [-0.15, -0.1) is 0 Å². The van der Waals surface area contributed by atoms with Crippen molar-refractivity contribution in [1.82, 2.24) is 14.9 Å². The van der Waals surface area contributed by atoms with E-state index in [9.17, 15) is 4.79 Å². The van der Waals surface area contributed by atoms with Crippen molar-refractivity contribution in [3.8, 4) is 0 Å². The second kappa shape index (κ2) is 7.12. The Labute approximate surface area is 153 Å². The number of nitrogens with zero attached hydrogens (tertiary/aromatic N) is 4. The Balaban J connectivity index is 1.49. The molecule has 1 fully saturated rings. The number of amides is 1. The van der Waals surface area contributed by atoms with E-state index in [2.05, 4.69) is 40.0 Å². The summed E-state index contributed by atoms with van der Waals surface area (Å²) in [7, 11) is 0. The standard InChI is InChI=1S/C21H22N4O/c1-2-16-7-8-23-19(13-16)21(26)25-11-9-24(10-12-25)20-15-22-14-17-5-3-4-6-18(17)20/h3-8,13-15H,2,9-12H2,1H3. The number of aryl methyl sites for hydroxylation is 1. The van der Waals surface area contributed by atoms with Crippen LogP contribution in [0.4, 0.5) is 5.69 Å². The van der Waals surface area contributed by atoms with Gasteiger partial charge in [0.25, 0.3) is 5.91 Å². The number of fused-ring (bicyclic) bond motifs is 1. The second-order valence-corrected chi connectivity index (χ2v) is 6.56. The molecule has 0 bridgehead atoms. The molecule has 4 rings (SSSR count). The Hall–Kier alpha value is -2.95. The van der Waals surface area contributed by atoms with E-state index >= 15 is 0 Å². The number of piperazine rings is 1. The molecule has 5 heteroatoms. The lowest BCUT2D eigenvalue weighted by atomic mass is 10.1. The lowest BCUT2D eigenvalue weighted by Crippen LogP contribution is -2.49. The summed E-state index contributed by atoms with van der Waals surface area (Å²) < 4.78 is 0. The minimum atomic E-state index is 0.0241. The van der Waals surface area contributed by atoms with Gasteiger partial charge < -0.3 is 9.80 Å². The molecule has 1 aliphatic heterocycles. The van der Waals surface area contributed by atoms with Crippen molar-refractivity contribution >= 4 is 22.4 Å². The molecule has 1 saturated heterocycles. The van der Waals surface area contributed by atoms with Gasteiger partial charge in [-0.05, 0) is 24.1 Å². The summed E-state index contributed by atoms with van der Waals surface area (Å²) in [5, 5.41) is 2.35. The van der Waals surface area contributed by atoms with E-state index in [1.807, 2.05) is 35.5 Å². The van der Waals surface area contributed by atoms with Gasteiger partial charge in [0.15, 0.2) is 0 Å². The van der Waals surface area contributed by atoms with E-state index in [-0.39, 0.29) is 5.91 Å². The summed E-state index contributed by atoms with van der Waals surface area (Å²) in [5.41, 5.74) is 2.83. The van der Waals surface area contributed by atoms with Gasteiger partial charge in [0.2, 0.25) is 0 Å². The molecule has 0 N–H and O–H groups in total. The minimum absolute atomic E-state index is 0.0241. The molecule has 5 nitrogen and oxygen atoms in total. The van der Waals surface area contributed by atoms with Gasteiger partial charge in [0, 0.05) is 49.3 Å². The molecule has 3 heterocycles. The van der Waals surface area contributed by atoms with Crippen LogP contribution in [0.5, 0.6) is 0 Å². The van der Waals surface area contributed by atoms with Crippen molar-refractivity contribution in [1.29, 1.82) is 0 Å². The van der Waals surface area contributed by atoms with Gasteiger partial charge in [-0.25, -0.2) is 0 Å². The average Bonchev–Trinajstić information content (AvgIpc) is 2.73. The fraction of sp³-hybridized carbons (Fsp3) is 0.286. The third kappa shape index (κ3) is 3.12. The van der Waals surface area contributed by atoms with E-state index in [0.717, 1.165) is 36.1 Å². The number of aromatic nitrogens is 2. The summed E-state index contributed by atoms with van der Waals surface area (Å²) in [6.07, 6.45) is 6.45. The highest BCUT2D eigenvalue weighted by molar-refractivity contribution is 5.94. The molecule has 2 aromatic heterocycles. The van der Waals surface area contributed by atoms with Crippen LogP contribution < -0.4 is 4.90 Å². The van der Waals surface area contributed by atoms with E-state index in [1.165, 1.54) is 5.39 Å². The van der Waals surface area contributed by atoms with E-state index < -0.39 is 0 Å². The zero-order chi connectivity index (χ0) is 17.9. The maximum Gasteiger partial charge on any atom is 0.272 e. The van der Waals surface area contributed by atoms with Gasteiger partial charge in [-0.1, -0.05) is 31.2 Å². The van der Waals surface area contributed by atoms with E-state index in [1.54, 1.807) is 6.20 Å². The molecule has 0 radical (unpaired) electrons. The number of pyridine rings is 2. The zero-order valence-electron chi connectivity index (χ0n) is 14.9. The van der Waals surface area contributed by atoms with E-state index in [4.69, 9.17) is 0 Å². The largest absolute Gasteiger partial charge is 0.366 e. The quantitative estimate of drug-likeness (QED) is 0.731. The van der Waals surface area contributed by atoms with Gasteiger partial charge in [0.1, 0.15) is 5.69 Å². The maximum absolute atomic E-state index is 12.8. The van der Waals surface area contributed by atoms with Crippen molar-refractivity contribution in [3.63, 3.8) is 0 Å². The highest BCUT2D eigenvalue weighted by Crippen LogP contribution is 2.26. The van der Waals surface area contributed by atoms with Crippen LogP contribution in [0.25, 0.3) is 10.8 Å². The molecular formula is C21H22N4O. The maximum atomic E-state index is 12.8. The predicted octanol–water partition coefficient (Wildman–Crippen LogP) is 3.15. The van der Waals surface area contributed by atoms with Crippen molar-refractivity contribution in [2.24, 2.45) is 0 Å².